The van der Waals surface area contributed by atoms with Gasteiger partial charge < -0.3 is 15.3 Å². The first-order chi connectivity index (χ1) is 16.1. The van der Waals surface area contributed by atoms with E-state index >= 15 is 0 Å². The van der Waals surface area contributed by atoms with Crippen LogP contribution in [0.5, 0.6) is 0 Å². The van der Waals surface area contributed by atoms with E-state index in [2.05, 4.69) is 35.1 Å². The first kappa shape index (κ1) is 21.9. The van der Waals surface area contributed by atoms with Crippen LogP contribution < -0.4 is 10.2 Å². The van der Waals surface area contributed by atoms with Gasteiger partial charge in [-0.2, -0.15) is 0 Å². The van der Waals surface area contributed by atoms with Crippen LogP contribution in [0.15, 0.2) is 42.9 Å². The van der Waals surface area contributed by atoms with Gasteiger partial charge in [0.2, 0.25) is 0 Å². The SMILES string of the molecule is OCCN1CCN(c2cc(Nc3nccc4nc(-c5c(F)cccc5Cl)sc34)ncn2)CC1. The molecule has 170 valence electrons. The Bertz CT molecular complexity index is 1260. The first-order valence-electron chi connectivity index (χ1n) is 10.5. The number of rotatable bonds is 6. The number of aliphatic hydroxyl groups is 1. The maximum absolute atomic E-state index is 14.4. The molecule has 1 aliphatic rings. The van der Waals surface area contributed by atoms with Crippen molar-refractivity contribution in [2.75, 3.05) is 49.5 Å². The van der Waals surface area contributed by atoms with Crippen LogP contribution in [0.4, 0.5) is 21.8 Å². The lowest BCUT2D eigenvalue weighted by atomic mass is 10.2. The maximum atomic E-state index is 14.4. The molecule has 0 saturated carbocycles. The highest BCUT2D eigenvalue weighted by Gasteiger charge is 2.19. The van der Waals surface area contributed by atoms with Crippen molar-refractivity contribution in [3.05, 3.63) is 53.7 Å². The third-order valence-electron chi connectivity index (χ3n) is 5.49. The molecule has 1 fully saturated rings. The van der Waals surface area contributed by atoms with Crippen molar-refractivity contribution in [2.24, 2.45) is 0 Å². The molecule has 0 unspecified atom stereocenters. The molecule has 1 aliphatic heterocycles. The van der Waals surface area contributed by atoms with Gasteiger partial charge >= 0.3 is 0 Å². The first-order valence-corrected chi connectivity index (χ1v) is 11.7. The van der Waals surface area contributed by atoms with Crippen molar-refractivity contribution in [1.82, 2.24) is 24.8 Å². The van der Waals surface area contributed by atoms with Crippen molar-refractivity contribution >= 4 is 50.6 Å². The minimum Gasteiger partial charge on any atom is -0.395 e. The molecule has 8 nitrogen and oxygen atoms in total. The molecule has 0 radical (unpaired) electrons. The molecule has 4 heterocycles. The summed E-state index contributed by atoms with van der Waals surface area (Å²) in [7, 11) is 0. The fourth-order valence-corrected chi connectivity index (χ4v) is 5.18. The van der Waals surface area contributed by atoms with Crippen LogP contribution in [-0.4, -0.2) is 69.3 Å². The summed E-state index contributed by atoms with van der Waals surface area (Å²) >= 11 is 7.56. The van der Waals surface area contributed by atoms with E-state index in [-0.39, 0.29) is 12.2 Å². The van der Waals surface area contributed by atoms with E-state index in [9.17, 15) is 4.39 Å². The topological polar surface area (TPSA) is 90.3 Å². The second-order valence-corrected chi connectivity index (χ2v) is 8.97. The molecule has 0 atom stereocenters. The fourth-order valence-electron chi connectivity index (χ4n) is 3.81. The minimum atomic E-state index is -0.413. The number of fused-ring (bicyclic) bond motifs is 1. The number of benzene rings is 1. The smallest absolute Gasteiger partial charge is 0.151 e. The zero-order valence-electron chi connectivity index (χ0n) is 17.6. The number of pyridine rings is 1. The average molecular weight is 486 g/mol. The molecule has 11 heteroatoms. The highest BCUT2D eigenvalue weighted by molar-refractivity contribution is 7.22. The molecule has 0 spiro atoms. The molecule has 3 aromatic heterocycles. The summed E-state index contributed by atoms with van der Waals surface area (Å²) in [5.41, 5.74) is 0.983. The van der Waals surface area contributed by atoms with Gasteiger partial charge in [0.1, 0.15) is 28.8 Å². The molecule has 1 saturated heterocycles. The Morgan fingerprint density at radius 2 is 1.97 bits per heavy atom. The molecule has 5 rings (SSSR count). The van der Waals surface area contributed by atoms with Crippen LogP contribution in [0, 0.1) is 5.82 Å². The van der Waals surface area contributed by atoms with E-state index < -0.39 is 5.82 Å². The lowest BCUT2D eigenvalue weighted by Gasteiger charge is -2.35. The lowest BCUT2D eigenvalue weighted by Crippen LogP contribution is -2.47. The van der Waals surface area contributed by atoms with E-state index in [1.165, 1.54) is 23.7 Å². The zero-order valence-corrected chi connectivity index (χ0v) is 19.2. The number of β-amino-alcohol motifs (C(OH)–C–C–N with tert-alkyl or cyclic N) is 1. The van der Waals surface area contributed by atoms with E-state index in [1.807, 2.05) is 6.07 Å². The number of aliphatic hydroxyl groups excluding tert-OH is 1. The number of hydrogen-bond acceptors (Lipinski definition) is 9. The van der Waals surface area contributed by atoms with Crippen molar-refractivity contribution in [3.8, 4) is 10.6 Å². The highest BCUT2D eigenvalue weighted by atomic mass is 35.5. The summed E-state index contributed by atoms with van der Waals surface area (Å²) in [6.45, 7) is 4.25. The monoisotopic (exact) mass is 485 g/mol. The number of halogens is 2. The average Bonchev–Trinajstić information content (AvgIpc) is 3.25. The van der Waals surface area contributed by atoms with Crippen LogP contribution in [0.25, 0.3) is 20.8 Å². The van der Waals surface area contributed by atoms with Gasteiger partial charge in [0.05, 0.1) is 27.4 Å². The summed E-state index contributed by atoms with van der Waals surface area (Å²) in [6, 6.07) is 8.26. The Kier molecular flexibility index (Phi) is 6.32. The van der Waals surface area contributed by atoms with E-state index in [4.69, 9.17) is 16.7 Å². The second-order valence-electron chi connectivity index (χ2n) is 7.56. The Labute approximate surface area is 198 Å². The molecule has 0 aliphatic carbocycles. The predicted molar refractivity (Wildman–Crippen MR) is 129 cm³/mol. The third kappa shape index (κ3) is 4.60. The van der Waals surface area contributed by atoms with Crippen molar-refractivity contribution in [3.63, 3.8) is 0 Å². The van der Waals surface area contributed by atoms with E-state index in [1.54, 1.807) is 24.4 Å². The normalized spacial score (nSPS) is 14.7. The summed E-state index contributed by atoms with van der Waals surface area (Å²) in [5, 5.41) is 13.2. The largest absolute Gasteiger partial charge is 0.395 e. The number of aromatic nitrogens is 4. The molecule has 0 bridgehead atoms. The van der Waals surface area contributed by atoms with Crippen LogP contribution in [-0.2, 0) is 0 Å². The van der Waals surface area contributed by atoms with Gasteiger partial charge in [-0.25, -0.2) is 24.3 Å². The van der Waals surface area contributed by atoms with Gasteiger partial charge in [0, 0.05) is 45.0 Å². The number of hydrogen-bond donors (Lipinski definition) is 2. The number of thiazole rings is 1. The van der Waals surface area contributed by atoms with Gasteiger partial charge in [-0.3, -0.25) is 4.90 Å². The Morgan fingerprint density at radius 3 is 2.76 bits per heavy atom. The summed E-state index contributed by atoms with van der Waals surface area (Å²) in [4.78, 5) is 22.2. The summed E-state index contributed by atoms with van der Waals surface area (Å²) in [5.74, 6) is 1.60. The zero-order chi connectivity index (χ0) is 22.8. The molecule has 2 N–H and O–H groups in total. The van der Waals surface area contributed by atoms with E-state index in [0.29, 0.717) is 33.7 Å². The highest BCUT2D eigenvalue weighted by Crippen LogP contribution is 2.38. The van der Waals surface area contributed by atoms with Gasteiger partial charge in [0.15, 0.2) is 5.82 Å². The van der Waals surface area contributed by atoms with E-state index in [0.717, 1.165) is 36.7 Å². The van der Waals surface area contributed by atoms with Gasteiger partial charge in [-0.15, -0.1) is 11.3 Å². The molecular weight excluding hydrogens is 465 g/mol. The van der Waals surface area contributed by atoms with Crippen LogP contribution in [0.1, 0.15) is 0 Å². The van der Waals surface area contributed by atoms with Crippen molar-refractivity contribution < 1.29 is 9.50 Å². The molecule has 0 amide bonds. The van der Waals surface area contributed by atoms with Crippen LogP contribution in [0.2, 0.25) is 5.02 Å². The Balaban J connectivity index is 1.40. The predicted octanol–water partition coefficient (Wildman–Crippen LogP) is 3.80. The molecular formula is C22H21ClFN7OS. The summed E-state index contributed by atoms with van der Waals surface area (Å²) < 4.78 is 15.2. The van der Waals surface area contributed by atoms with Crippen LogP contribution >= 0.6 is 22.9 Å². The maximum Gasteiger partial charge on any atom is 0.151 e. The Morgan fingerprint density at radius 1 is 1.12 bits per heavy atom. The molecule has 1 aromatic carbocycles. The van der Waals surface area contributed by atoms with Gasteiger partial charge in [0.25, 0.3) is 0 Å². The third-order valence-corrected chi connectivity index (χ3v) is 6.90. The van der Waals surface area contributed by atoms with Crippen molar-refractivity contribution in [2.45, 2.75) is 0 Å². The van der Waals surface area contributed by atoms with Gasteiger partial charge in [-0.05, 0) is 18.2 Å². The lowest BCUT2D eigenvalue weighted by molar-refractivity contribution is 0.188. The van der Waals surface area contributed by atoms with Crippen molar-refractivity contribution in [1.29, 1.82) is 0 Å². The molecule has 4 aromatic rings. The summed E-state index contributed by atoms with van der Waals surface area (Å²) in [6.07, 6.45) is 3.18. The minimum absolute atomic E-state index is 0.169. The number of nitrogens with zero attached hydrogens (tertiary/aromatic N) is 6. The quantitative estimate of drug-likeness (QED) is 0.426. The Hall–Kier alpha value is -2.92. The number of piperazine rings is 1. The van der Waals surface area contributed by atoms with Gasteiger partial charge in [-0.1, -0.05) is 17.7 Å². The standard InChI is InChI=1S/C22H21ClFN7OS/c23-14-2-1-3-15(24)19(14)22-28-16-4-5-25-21(20(16)33-22)29-17-12-18(27-13-26-17)31-8-6-30(7-9-31)10-11-32/h1-5,12-13,32H,6-11H2,(H,25,26,27,29). The number of nitrogens with one attached hydrogen (secondary N) is 1. The number of anilines is 3. The fraction of sp³-hybridized carbons (Fsp3) is 0.273. The van der Waals surface area contributed by atoms with Crippen LogP contribution in [0.3, 0.4) is 0 Å². The second kappa shape index (κ2) is 9.52. The molecule has 33 heavy (non-hydrogen) atoms.